The van der Waals surface area contributed by atoms with Gasteiger partial charge in [-0.05, 0) is 37.1 Å². The number of benzene rings is 1. The molecular weight excluding hydrogens is 227 g/mol. The summed E-state index contributed by atoms with van der Waals surface area (Å²) in [6.07, 6.45) is 2.53. The highest BCUT2D eigenvalue weighted by atomic mass is 19.1. The van der Waals surface area contributed by atoms with Crippen LogP contribution in [0.1, 0.15) is 32.3 Å². The van der Waals surface area contributed by atoms with Gasteiger partial charge in [0.05, 0.1) is 0 Å². The first-order valence-corrected chi connectivity index (χ1v) is 6.87. The molecule has 0 saturated carbocycles. The van der Waals surface area contributed by atoms with E-state index >= 15 is 0 Å². The van der Waals surface area contributed by atoms with Gasteiger partial charge >= 0.3 is 0 Å². The van der Waals surface area contributed by atoms with Crippen molar-refractivity contribution in [1.82, 2.24) is 10.2 Å². The van der Waals surface area contributed by atoms with E-state index in [4.69, 9.17) is 0 Å². The van der Waals surface area contributed by atoms with E-state index in [0.717, 1.165) is 19.6 Å². The number of hydrogen-bond acceptors (Lipinski definition) is 2. The molecule has 1 atom stereocenters. The van der Waals surface area contributed by atoms with Crippen molar-refractivity contribution in [2.75, 3.05) is 13.1 Å². The van der Waals surface area contributed by atoms with Crippen LogP contribution >= 0.6 is 0 Å². The van der Waals surface area contributed by atoms with Crippen molar-refractivity contribution in [2.45, 2.75) is 45.3 Å². The molecule has 2 nitrogen and oxygen atoms in total. The molecule has 0 radical (unpaired) electrons. The molecule has 0 spiro atoms. The minimum Gasteiger partial charge on any atom is -0.313 e. The molecule has 1 aliphatic rings. The van der Waals surface area contributed by atoms with Crippen LogP contribution in [0.5, 0.6) is 0 Å². The molecule has 1 aromatic rings. The van der Waals surface area contributed by atoms with Gasteiger partial charge < -0.3 is 5.32 Å². The lowest BCUT2D eigenvalue weighted by Gasteiger charge is -2.25. The second kappa shape index (κ2) is 6.30. The SMILES string of the molecule is CC(C)NCC1CCCN1Cc1ccc(F)cc1. The number of halogens is 1. The highest BCUT2D eigenvalue weighted by Crippen LogP contribution is 2.19. The van der Waals surface area contributed by atoms with Gasteiger partial charge in [0.2, 0.25) is 0 Å². The minimum atomic E-state index is -0.154. The van der Waals surface area contributed by atoms with Crippen molar-refractivity contribution >= 4 is 0 Å². The summed E-state index contributed by atoms with van der Waals surface area (Å²) in [5, 5.41) is 3.51. The summed E-state index contributed by atoms with van der Waals surface area (Å²) in [6, 6.07) is 8.04. The van der Waals surface area contributed by atoms with E-state index in [0.29, 0.717) is 12.1 Å². The summed E-state index contributed by atoms with van der Waals surface area (Å²) in [6.45, 7) is 7.50. The zero-order chi connectivity index (χ0) is 13.0. The van der Waals surface area contributed by atoms with Crippen molar-refractivity contribution in [1.29, 1.82) is 0 Å². The van der Waals surface area contributed by atoms with Crippen molar-refractivity contribution in [3.63, 3.8) is 0 Å². The Labute approximate surface area is 109 Å². The van der Waals surface area contributed by atoms with Gasteiger partial charge in [0.15, 0.2) is 0 Å². The van der Waals surface area contributed by atoms with Crippen molar-refractivity contribution in [2.24, 2.45) is 0 Å². The highest BCUT2D eigenvalue weighted by molar-refractivity contribution is 5.16. The fraction of sp³-hybridized carbons (Fsp3) is 0.600. The zero-order valence-electron chi connectivity index (χ0n) is 11.3. The zero-order valence-corrected chi connectivity index (χ0v) is 11.3. The standard InChI is InChI=1S/C15H23FN2/c1-12(2)17-10-15-4-3-9-18(15)11-13-5-7-14(16)8-6-13/h5-8,12,15,17H,3-4,9-11H2,1-2H3. The lowest BCUT2D eigenvalue weighted by atomic mass is 10.1. The van der Waals surface area contributed by atoms with Gasteiger partial charge in [-0.3, -0.25) is 4.90 Å². The minimum absolute atomic E-state index is 0.154. The number of hydrogen-bond donors (Lipinski definition) is 1. The normalized spacial score (nSPS) is 20.8. The molecule has 3 heteroatoms. The van der Waals surface area contributed by atoms with Crippen LogP contribution in [0.2, 0.25) is 0 Å². The van der Waals surface area contributed by atoms with E-state index in [1.807, 2.05) is 12.1 Å². The molecule has 1 aliphatic heterocycles. The Balaban J connectivity index is 1.89. The summed E-state index contributed by atoms with van der Waals surface area (Å²) in [7, 11) is 0. The Bertz CT molecular complexity index is 361. The Morgan fingerprint density at radius 3 is 2.72 bits per heavy atom. The summed E-state index contributed by atoms with van der Waals surface area (Å²) in [5.74, 6) is -0.154. The summed E-state index contributed by atoms with van der Waals surface area (Å²) in [4.78, 5) is 2.50. The van der Waals surface area contributed by atoms with Crippen LogP contribution in [0.25, 0.3) is 0 Å². The van der Waals surface area contributed by atoms with E-state index in [-0.39, 0.29) is 5.82 Å². The molecule has 0 amide bonds. The smallest absolute Gasteiger partial charge is 0.123 e. The molecule has 0 aliphatic carbocycles. The predicted octanol–water partition coefficient (Wildman–Crippen LogP) is 2.79. The van der Waals surface area contributed by atoms with E-state index < -0.39 is 0 Å². The quantitative estimate of drug-likeness (QED) is 0.864. The largest absolute Gasteiger partial charge is 0.313 e. The summed E-state index contributed by atoms with van der Waals surface area (Å²) < 4.78 is 12.9. The first-order chi connectivity index (χ1) is 8.65. The highest BCUT2D eigenvalue weighted by Gasteiger charge is 2.24. The van der Waals surface area contributed by atoms with Gasteiger partial charge in [-0.1, -0.05) is 26.0 Å². The Morgan fingerprint density at radius 1 is 1.33 bits per heavy atom. The van der Waals surface area contributed by atoms with E-state index in [9.17, 15) is 4.39 Å². The van der Waals surface area contributed by atoms with Gasteiger partial charge in [0.1, 0.15) is 5.82 Å². The van der Waals surface area contributed by atoms with Crippen molar-refractivity contribution in [3.05, 3.63) is 35.6 Å². The van der Waals surface area contributed by atoms with Gasteiger partial charge in [-0.15, -0.1) is 0 Å². The van der Waals surface area contributed by atoms with Gasteiger partial charge in [0.25, 0.3) is 0 Å². The molecule has 100 valence electrons. The molecule has 2 rings (SSSR count). The topological polar surface area (TPSA) is 15.3 Å². The van der Waals surface area contributed by atoms with E-state index in [1.54, 1.807) is 12.1 Å². The Hall–Kier alpha value is -0.930. The lowest BCUT2D eigenvalue weighted by molar-refractivity contribution is 0.236. The summed E-state index contributed by atoms with van der Waals surface area (Å²) in [5.41, 5.74) is 1.20. The molecule has 1 fully saturated rings. The van der Waals surface area contributed by atoms with E-state index in [1.165, 1.54) is 18.4 Å². The number of rotatable bonds is 5. The molecule has 1 unspecified atom stereocenters. The molecule has 0 bridgehead atoms. The maximum absolute atomic E-state index is 12.9. The van der Waals surface area contributed by atoms with E-state index in [2.05, 4.69) is 24.1 Å². The predicted molar refractivity (Wildman–Crippen MR) is 73.0 cm³/mol. The fourth-order valence-corrected chi connectivity index (χ4v) is 2.53. The van der Waals surface area contributed by atoms with Crippen LogP contribution < -0.4 is 5.32 Å². The number of nitrogens with zero attached hydrogens (tertiary/aromatic N) is 1. The number of likely N-dealkylation sites (tertiary alicyclic amines) is 1. The first-order valence-electron chi connectivity index (χ1n) is 6.87. The van der Waals surface area contributed by atoms with Crippen LogP contribution in [0.4, 0.5) is 4.39 Å². The molecule has 18 heavy (non-hydrogen) atoms. The molecular formula is C15H23FN2. The second-order valence-corrected chi connectivity index (χ2v) is 5.46. The number of nitrogens with one attached hydrogen (secondary N) is 1. The van der Waals surface area contributed by atoms with Crippen LogP contribution in [0, 0.1) is 5.82 Å². The third-order valence-corrected chi connectivity index (χ3v) is 3.56. The van der Waals surface area contributed by atoms with Crippen LogP contribution in [-0.4, -0.2) is 30.1 Å². The van der Waals surface area contributed by atoms with Crippen molar-refractivity contribution < 1.29 is 4.39 Å². The first kappa shape index (κ1) is 13.5. The molecule has 1 saturated heterocycles. The molecule has 1 aromatic carbocycles. The molecule has 1 heterocycles. The molecule has 1 N–H and O–H groups in total. The Kier molecular flexibility index (Phi) is 4.72. The van der Waals surface area contributed by atoms with Crippen LogP contribution in [-0.2, 0) is 6.54 Å². The fourth-order valence-electron chi connectivity index (χ4n) is 2.53. The third kappa shape index (κ3) is 3.79. The van der Waals surface area contributed by atoms with Crippen LogP contribution in [0.3, 0.4) is 0 Å². The van der Waals surface area contributed by atoms with Gasteiger partial charge in [-0.2, -0.15) is 0 Å². The lowest BCUT2D eigenvalue weighted by Crippen LogP contribution is -2.39. The second-order valence-electron chi connectivity index (χ2n) is 5.46. The summed E-state index contributed by atoms with van der Waals surface area (Å²) >= 11 is 0. The van der Waals surface area contributed by atoms with Gasteiger partial charge in [-0.25, -0.2) is 4.39 Å². The Morgan fingerprint density at radius 2 is 2.06 bits per heavy atom. The maximum Gasteiger partial charge on any atom is 0.123 e. The third-order valence-electron chi connectivity index (χ3n) is 3.56. The van der Waals surface area contributed by atoms with Crippen LogP contribution in [0.15, 0.2) is 24.3 Å². The molecule has 0 aromatic heterocycles. The van der Waals surface area contributed by atoms with Crippen molar-refractivity contribution in [3.8, 4) is 0 Å². The monoisotopic (exact) mass is 250 g/mol. The average Bonchev–Trinajstić information content (AvgIpc) is 2.77. The average molecular weight is 250 g/mol. The maximum atomic E-state index is 12.9. The van der Waals surface area contributed by atoms with Gasteiger partial charge in [0, 0.05) is 25.2 Å².